The van der Waals surface area contributed by atoms with Gasteiger partial charge >= 0.3 is 0 Å². The Bertz CT molecular complexity index is 740. The van der Waals surface area contributed by atoms with Crippen molar-refractivity contribution in [2.45, 2.75) is 98.2 Å². The minimum atomic E-state index is -0.688. The SMILES string of the molecule is C=C(CC[C@@H](C)[C@H]1CCC(C2=CC(O)C3CC(O)CC[C@]3(C)C2=O)[C@]1(C)CCO)C(C)C. The van der Waals surface area contributed by atoms with E-state index in [1.54, 1.807) is 0 Å². The van der Waals surface area contributed by atoms with E-state index in [2.05, 4.69) is 34.3 Å². The fourth-order valence-corrected chi connectivity index (χ4v) is 7.31. The summed E-state index contributed by atoms with van der Waals surface area (Å²) in [5.74, 6) is 1.47. The molecule has 32 heavy (non-hydrogen) atoms. The third kappa shape index (κ3) is 4.52. The average Bonchev–Trinajstić information content (AvgIpc) is 3.07. The Morgan fingerprint density at radius 3 is 2.50 bits per heavy atom. The molecule has 2 fully saturated rings. The lowest BCUT2D eigenvalue weighted by Gasteiger charge is -2.49. The number of ketones is 1. The molecule has 2 saturated carbocycles. The zero-order chi connectivity index (χ0) is 23.8. The molecule has 3 rings (SSSR count). The predicted octanol–water partition coefficient (Wildman–Crippen LogP) is 5.07. The van der Waals surface area contributed by atoms with Gasteiger partial charge < -0.3 is 15.3 Å². The van der Waals surface area contributed by atoms with Crippen LogP contribution >= 0.6 is 0 Å². The van der Waals surface area contributed by atoms with Gasteiger partial charge in [0.05, 0.1) is 12.2 Å². The maximum Gasteiger partial charge on any atom is 0.165 e. The van der Waals surface area contributed by atoms with Gasteiger partial charge in [0.2, 0.25) is 0 Å². The average molecular weight is 447 g/mol. The van der Waals surface area contributed by atoms with E-state index in [1.165, 1.54) is 5.57 Å². The van der Waals surface area contributed by atoms with Gasteiger partial charge in [0.1, 0.15) is 0 Å². The topological polar surface area (TPSA) is 77.8 Å². The number of Topliss-reactive ketones (excluding diaryl/α,β-unsaturated/α-hetero) is 1. The zero-order valence-electron chi connectivity index (χ0n) is 20.9. The second kappa shape index (κ2) is 9.72. The van der Waals surface area contributed by atoms with Crippen LogP contribution in [0.25, 0.3) is 0 Å². The highest BCUT2D eigenvalue weighted by Gasteiger charge is 2.56. The van der Waals surface area contributed by atoms with Crippen molar-refractivity contribution in [2.75, 3.05) is 6.61 Å². The lowest BCUT2D eigenvalue weighted by Crippen LogP contribution is -2.52. The highest BCUT2D eigenvalue weighted by molar-refractivity contribution is 6.01. The molecule has 0 aliphatic heterocycles. The molecule has 4 nitrogen and oxygen atoms in total. The van der Waals surface area contributed by atoms with Gasteiger partial charge in [-0.2, -0.15) is 0 Å². The Morgan fingerprint density at radius 1 is 1.19 bits per heavy atom. The van der Waals surface area contributed by atoms with Crippen LogP contribution in [-0.4, -0.2) is 39.9 Å². The molecule has 0 bridgehead atoms. The Labute approximate surface area is 195 Å². The second-order valence-electron chi connectivity index (χ2n) is 11.9. The lowest BCUT2D eigenvalue weighted by atomic mass is 9.55. The number of aliphatic hydroxyl groups is 3. The van der Waals surface area contributed by atoms with E-state index in [1.807, 2.05) is 13.0 Å². The van der Waals surface area contributed by atoms with Gasteiger partial charge in [0.15, 0.2) is 5.78 Å². The first-order chi connectivity index (χ1) is 15.0. The number of hydrogen-bond donors (Lipinski definition) is 3. The van der Waals surface area contributed by atoms with Gasteiger partial charge in [-0.1, -0.05) is 46.8 Å². The number of carbonyl (C=O) groups excluding carboxylic acids is 1. The van der Waals surface area contributed by atoms with Crippen LogP contribution < -0.4 is 0 Å². The van der Waals surface area contributed by atoms with Crippen molar-refractivity contribution in [3.63, 3.8) is 0 Å². The molecule has 0 aromatic rings. The van der Waals surface area contributed by atoms with Gasteiger partial charge in [-0.15, -0.1) is 0 Å². The van der Waals surface area contributed by atoms with E-state index in [0.717, 1.165) is 31.3 Å². The van der Waals surface area contributed by atoms with Crippen LogP contribution in [0.4, 0.5) is 0 Å². The monoisotopic (exact) mass is 446 g/mol. The summed E-state index contributed by atoms with van der Waals surface area (Å²) in [6.07, 6.45) is 7.22. The predicted molar refractivity (Wildman–Crippen MR) is 129 cm³/mol. The fraction of sp³-hybridized carbons (Fsp3) is 0.821. The van der Waals surface area contributed by atoms with E-state index in [4.69, 9.17) is 0 Å². The summed E-state index contributed by atoms with van der Waals surface area (Å²) >= 11 is 0. The van der Waals surface area contributed by atoms with Gasteiger partial charge in [-0.3, -0.25) is 4.79 Å². The zero-order valence-corrected chi connectivity index (χ0v) is 20.9. The van der Waals surface area contributed by atoms with Crippen LogP contribution in [0.2, 0.25) is 0 Å². The Morgan fingerprint density at radius 2 is 1.88 bits per heavy atom. The van der Waals surface area contributed by atoms with Gasteiger partial charge in [0, 0.05) is 17.9 Å². The van der Waals surface area contributed by atoms with Crippen LogP contribution in [0, 0.1) is 40.4 Å². The number of allylic oxidation sites excluding steroid dienone is 2. The van der Waals surface area contributed by atoms with Crippen molar-refractivity contribution in [1.29, 1.82) is 0 Å². The molecule has 3 aliphatic rings. The second-order valence-corrected chi connectivity index (χ2v) is 11.9. The third-order valence-corrected chi connectivity index (χ3v) is 9.74. The van der Waals surface area contributed by atoms with Crippen LogP contribution in [0.5, 0.6) is 0 Å². The van der Waals surface area contributed by atoms with Crippen LogP contribution in [0.15, 0.2) is 23.8 Å². The fourth-order valence-electron chi connectivity index (χ4n) is 7.31. The van der Waals surface area contributed by atoms with Gasteiger partial charge in [-0.25, -0.2) is 0 Å². The molecule has 0 radical (unpaired) electrons. The van der Waals surface area contributed by atoms with E-state index in [-0.39, 0.29) is 29.6 Å². The summed E-state index contributed by atoms with van der Waals surface area (Å²) in [6.45, 7) is 15.3. The van der Waals surface area contributed by atoms with Crippen LogP contribution in [0.1, 0.15) is 86.0 Å². The highest BCUT2D eigenvalue weighted by atomic mass is 16.3. The molecule has 3 N–H and O–H groups in total. The van der Waals surface area contributed by atoms with Crippen molar-refractivity contribution in [2.24, 2.45) is 40.4 Å². The molecule has 0 spiro atoms. The van der Waals surface area contributed by atoms with Gasteiger partial charge in [-0.05, 0) is 92.1 Å². The smallest absolute Gasteiger partial charge is 0.165 e. The van der Waals surface area contributed by atoms with E-state index in [9.17, 15) is 20.1 Å². The molecule has 4 unspecified atom stereocenters. The van der Waals surface area contributed by atoms with E-state index >= 15 is 0 Å². The number of fused-ring (bicyclic) bond motifs is 1. The molecule has 0 amide bonds. The number of hydrogen-bond acceptors (Lipinski definition) is 4. The first-order valence-electron chi connectivity index (χ1n) is 12.9. The first-order valence-corrected chi connectivity index (χ1v) is 12.9. The van der Waals surface area contributed by atoms with Crippen molar-refractivity contribution in [1.82, 2.24) is 0 Å². The number of rotatable bonds is 8. The first kappa shape index (κ1) is 25.6. The van der Waals surface area contributed by atoms with Crippen molar-refractivity contribution >= 4 is 5.78 Å². The maximum absolute atomic E-state index is 13.8. The minimum absolute atomic E-state index is 0.0715. The summed E-state index contributed by atoms with van der Waals surface area (Å²) in [6, 6.07) is 0. The van der Waals surface area contributed by atoms with E-state index < -0.39 is 17.6 Å². The molecule has 8 atom stereocenters. The van der Waals surface area contributed by atoms with Crippen LogP contribution in [0.3, 0.4) is 0 Å². The molecule has 0 aromatic heterocycles. The Kier molecular flexibility index (Phi) is 7.79. The normalized spacial score (nSPS) is 40.8. The number of aliphatic hydroxyl groups excluding tert-OH is 3. The quantitative estimate of drug-likeness (QED) is 0.455. The molecule has 3 aliphatic carbocycles. The molecule has 182 valence electrons. The summed E-state index contributed by atoms with van der Waals surface area (Å²) in [5, 5.41) is 31.1. The summed E-state index contributed by atoms with van der Waals surface area (Å²) in [5.41, 5.74) is 1.33. The van der Waals surface area contributed by atoms with E-state index in [0.29, 0.717) is 43.4 Å². The van der Waals surface area contributed by atoms with Crippen molar-refractivity contribution in [3.8, 4) is 0 Å². The lowest BCUT2D eigenvalue weighted by molar-refractivity contribution is -0.138. The molecular weight excluding hydrogens is 400 g/mol. The number of carbonyl (C=O) groups is 1. The summed E-state index contributed by atoms with van der Waals surface area (Å²) in [4.78, 5) is 13.8. The summed E-state index contributed by atoms with van der Waals surface area (Å²) < 4.78 is 0. The van der Waals surface area contributed by atoms with Gasteiger partial charge in [0.25, 0.3) is 0 Å². The Balaban J connectivity index is 1.86. The van der Waals surface area contributed by atoms with Crippen LogP contribution in [-0.2, 0) is 4.79 Å². The standard InChI is InChI=1S/C28H46O4/c1-17(2)18(3)7-8-19(4)22-9-10-23(27(22,5)13-14-29)21-16-25(31)24-15-20(30)11-12-28(24,6)26(21)32/h16-17,19-20,22-25,29-31H,3,7-15H2,1-2,4-6H3/t19-,20?,22-,23?,24?,25?,27-,28+/m1/s1. The third-order valence-electron chi connectivity index (χ3n) is 9.74. The molecular formula is C28H46O4. The highest BCUT2D eigenvalue weighted by Crippen LogP contribution is 2.59. The molecule has 0 saturated heterocycles. The Hall–Kier alpha value is -0.970. The van der Waals surface area contributed by atoms with Crippen molar-refractivity contribution < 1.29 is 20.1 Å². The summed E-state index contributed by atoms with van der Waals surface area (Å²) in [7, 11) is 0. The largest absolute Gasteiger partial charge is 0.396 e. The minimum Gasteiger partial charge on any atom is -0.396 e. The van der Waals surface area contributed by atoms with Crippen molar-refractivity contribution in [3.05, 3.63) is 23.8 Å². The molecule has 4 heteroatoms. The maximum atomic E-state index is 13.8. The molecule has 0 heterocycles. The molecule has 0 aromatic carbocycles.